The van der Waals surface area contributed by atoms with Crippen LogP contribution in [0.3, 0.4) is 0 Å². The highest BCUT2D eigenvalue weighted by atomic mass is 35.5. The number of ether oxygens (including phenoxy) is 2. The Morgan fingerprint density at radius 3 is 2.60 bits per heavy atom. The summed E-state index contributed by atoms with van der Waals surface area (Å²) in [5.41, 5.74) is 0.868. The van der Waals surface area contributed by atoms with Crippen LogP contribution in [-0.2, 0) is 6.61 Å². The van der Waals surface area contributed by atoms with Gasteiger partial charge in [0.25, 0.3) is 0 Å². The Kier molecular flexibility index (Phi) is 4.48. The first-order valence-corrected chi connectivity index (χ1v) is 6.25. The zero-order valence-electron chi connectivity index (χ0n) is 10.8. The number of benzene rings is 2. The van der Waals surface area contributed by atoms with Gasteiger partial charge in [0.05, 0.1) is 13.1 Å². The average Bonchev–Trinajstić information content (AvgIpc) is 2.46. The van der Waals surface area contributed by atoms with Crippen LogP contribution in [-0.4, -0.2) is 13.1 Å². The van der Waals surface area contributed by atoms with E-state index < -0.39 is 5.97 Å². The molecule has 0 radical (unpaired) electrons. The summed E-state index contributed by atoms with van der Waals surface area (Å²) in [7, 11) is 1.44. The minimum absolute atomic E-state index is 0.0342. The van der Waals surface area contributed by atoms with Crippen LogP contribution >= 0.6 is 11.6 Å². The van der Waals surface area contributed by atoms with Crippen LogP contribution in [0.25, 0.3) is 0 Å². The molecule has 0 unspecified atom stereocenters. The number of aromatic carboxylic acids is 1. The molecular formula is C15H12ClO4-. The molecule has 2 rings (SSSR count). The predicted octanol–water partition coefficient (Wildman–Crippen LogP) is 2.29. The van der Waals surface area contributed by atoms with E-state index in [1.165, 1.54) is 25.3 Å². The highest BCUT2D eigenvalue weighted by molar-refractivity contribution is 6.31. The third-order valence-corrected chi connectivity index (χ3v) is 3.11. The molecule has 104 valence electrons. The Morgan fingerprint density at radius 1 is 1.20 bits per heavy atom. The van der Waals surface area contributed by atoms with Gasteiger partial charge in [-0.2, -0.15) is 0 Å². The van der Waals surface area contributed by atoms with Crippen molar-refractivity contribution in [2.45, 2.75) is 6.61 Å². The predicted molar refractivity (Wildman–Crippen MR) is 73.1 cm³/mol. The Labute approximate surface area is 121 Å². The number of hydrogen-bond donors (Lipinski definition) is 0. The zero-order chi connectivity index (χ0) is 14.5. The van der Waals surface area contributed by atoms with Gasteiger partial charge >= 0.3 is 0 Å². The Morgan fingerprint density at radius 2 is 1.95 bits per heavy atom. The van der Waals surface area contributed by atoms with E-state index >= 15 is 0 Å². The number of carbonyl (C=O) groups is 1. The lowest BCUT2D eigenvalue weighted by molar-refractivity contribution is -0.255. The lowest BCUT2D eigenvalue weighted by atomic mass is 10.2. The normalized spacial score (nSPS) is 10.1. The van der Waals surface area contributed by atoms with E-state index in [-0.39, 0.29) is 12.2 Å². The monoisotopic (exact) mass is 291 g/mol. The van der Waals surface area contributed by atoms with Gasteiger partial charge in [-0.05, 0) is 24.3 Å². The van der Waals surface area contributed by atoms with Crippen LogP contribution in [0.2, 0.25) is 5.02 Å². The molecule has 0 aliphatic rings. The molecule has 0 saturated carbocycles. The fraction of sp³-hybridized carbons (Fsp3) is 0.133. The molecule has 5 heteroatoms. The summed E-state index contributed by atoms with van der Waals surface area (Å²) in [6.07, 6.45) is 0. The van der Waals surface area contributed by atoms with Gasteiger partial charge in [-0.15, -0.1) is 0 Å². The maximum Gasteiger partial charge on any atom is 0.161 e. The van der Waals surface area contributed by atoms with Crippen molar-refractivity contribution < 1.29 is 19.4 Å². The van der Waals surface area contributed by atoms with Gasteiger partial charge in [0.15, 0.2) is 11.5 Å². The largest absolute Gasteiger partial charge is 0.545 e. The lowest BCUT2D eigenvalue weighted by Crippen LogP contribution is -2.22. The molecule has 20 heavy (non-hydrogen) atoms. The molecule has 4 nitrogen and oxygen atoms in total. The molecule has 0 saturated heterocycles. The van der Waals surface area contributed by atoms with Gasteiger partial charge in [0, 0.05) is 16.1 Å². The van der Waals surface area contributed by atoms with Crippen LogP contribution in [0.1, 0.15) is 15.9 Å². The number of carboxylic acid groups (broad SMARTS) is 1. The summed E-state index contributed by atoms with van der Waals surface area (Å²) < 4.78 is 10.7. The molecule has 0 spiro atoms. The quantitative estimate of drug-likeness (QED) is 0.848. The first kappa shape index (κ1) is 14.2. The fourth-order valence-electron chi connectivity index (χ4n) is 1.68. The molecular weight excluding hydrogens is 280 g/mol. The fourth-order valence-corrected chi connectivity index (χ4v) is 1.88. The molecule has 2 aromatic rings. The number of carbonyl (C=O) groups excluding carboxylic acids is 1. The minimum atomic E-state index is -1.26. The molecule has 0 aliphatic carbocycles. The van der Waals surface area contributed by atoms with Gasteiger partial charge in [-0.1, -0.05) is 29.8 Å². The van der Waals surface area contributed by atoms with E-state index in [0.717, 1.165) is 5.56 Å². The summed E-state index contributed by atoms with van der Waals surface area (Å²) in [6, 6.07) is 11.6. The van der Waals surface area contributed by atoms with Crippen LogP contribution in [0, 0.1) is 0 Å². The maximum absolute atomic E-state index is 10.8. The van der Waals surface area contributed by atoms with Crippen LogP contribution < -0.4 is 14.6 Å². The summed E-state index contributed by atoms with van der Waals surface area (Å²) in [6.45, 7) is 0.265. The Hall–Kier alpha value is -2.20. The SMILES string of the molecule is COc1cc(C(=O)[O-])ccc1OCc1ccccc1Cl. The molecule has 0 heterocycles. The molecule has 0 N–H and O–H groups in total. The van der Waals surface area contributed by atoms with Crippen molar-refractivity contribution in [2.75, 3.05) is 7.11 Å². The van der Waals surface area contributed by atoms with Gasteiger partial charge in [-0.25, -0.2) is 0 Å². The molecule has 0 aliphatic heterocycles. The van der Waals surface area contributed by atoms with Crippen molar-refractivity contribution in [2.24, 2.45) is 0 Å². The first-order chi connectivity index (χ1) is 9.61. The number of rotatable bonds is 5. The summed E-state index contributed by atoms with van der Waals surface area (Å²) >= 11 is 6.03. The van der Waals surface area contributed by atoms with E-state index in [2.05, 4.69) is 0 Å². The maximum atomic E-state index is 10.8. The Bertz CT molecular complexity index is 625. The van der Waals surface area contributed by atoms with Gasteiger partial charge in [-0.3, -0.25) is 0 Å². The molecule has 0 atom stereocenters. The Balaban J connectivity index is 2.17. The third-order valence-electron chi connectivity index (χ3n) is 2.74. The molecule has 0 amide bonds. The number of hydrogen-bond acceptors (Lipinski definition) is 4. The highest BCUT2D eigenvalue weighted by Gasteiger charge is 2.07. The van der Waals surface area contributed by atoms with Crippen LogP contribution in [0.5, 0.6) is 11.5 Å². The van der Waals surface area contributed by atoms with Crippen LogP contribution in [0.4, 0.5) is 0 Å². The number of halogens is 1. The zero-order valence-corrected chi connectivity index (χ0v) is 11.5. The summed E-state index contributed by atoms with van der Waals surface area (Å²) in [5, 5.41) is 11.4. The standard InChI is InChI=1S/C15H13ClO4/c1-19-14-8-10(15(17)18)6-7-13(14)20-9-11-4-2-3-5-12(11)16/h2-8H,9H2,1H3,(H,17,18)/p-1. The smallest absolute Gasteiger partial charge is 0.161 e. The first-order valence-electron chi connectivity index (χ1n) is 5.87. The molecule has 0 fully saturated rings. The highest BCUT2D eigenvalue weighted by Crippen LogP contribution is 2.29. The van der Waals surface area contributed by atoms with E-state index in [0.29, 0.717) is 16.5 Å². The van der Waals surface area contributed by atoms with Crippen molar-refractivity contribution in [3.05, 3.63) is 58.6 Å². The van der Waals surface area contributed by atoms with Crippen molar-refractivity contribution in [1.29, 1.82) is 0 Å². The summed E-state index contributed by atoms with van der Waals surface area (Å²) in [5.74, 6) is -0.489. The van der Waals surface area contributed by atoms with E-state index in [4.69, 9.17) is 21.1 Å². The van der Waals surface area contributed by atoms with Crippen LogP contribution in [0.15, 0.2) is 42.5 Å². The summed E-state index contributed by atoms with van der Waals surface area (Å²) in [4.78, 5) is 10.8. The number of methoxy groups -OCH3 is 1. The lowest BCUT2D eigenvalue weighted by Gasteiger charge is -2.13. The topological polar surface area (TPSA) is 58.6 Å². The molecule has 2 aromatic carbocycles. The third kappa shape index (κ3) is 3.22. The van der Waals surface area contributed by atoms with Gasteiger partial charge in [0.1, 0.15) is 6.61 Å². The average molecular weight is 292 g/mol. The molecule has 0 bridgehead atoms. The number of carboxylic acids is 1. The van der Waals surface area contributed by atoms with Gasteiger partial charge in [0.2, 0.25) is 0 Å². The van der Waals surface area contributed by atoms with E-state index in [1.807, 2.05) is 18.2 Å². The van der Waals surface area contributed by atoms with E-state index in [1.54, 1.807) is 6.07 Å². The second-order valence-corrected chi connectivity index (χ2v) is 4.44. The van der Waals surface area contributed by atoms with E-state index in [9.17, 15) is 9.90 Å². The second-order valence-electron chi connectivity index (χ2n) is 4.03. The second kappa shape index (κ2) is 6.30. The van der Waals surface area contributed by atoms with Crippen molar-refractivity contribution in [3.8, 4) is 11.5 Å². The van der Waals surface area contributed by atoms with Crippen molar-refractivity contribution >= 4 is 17.6 Å². The minimum Gasteiger partial charge on any atom is -0.545 e. The van der Waals surface area contributed by atoms with Crippen molar-refractivity contribution in [3.63, 3.8) is 0 Å². The van der Waals surface area contributed by atoms with Crippen molar-refractivity contribution in [1.82, 2.24) is 0 Å². The molecule has 0 aromatic heterocycles. The van der Waals surface area contributed by atoms with Gasteiger partial charge < -0.3 is 19.4 Å².